The summed E-state index contributed by atoms with van der Waals surface area (Å²) < 4.78 is 2.22. The molecule has 1 aromatic carbocycles. The number of aromatic nitrogens is 1. The molecular formula is C17H23N. The molecule has 0 aliphatic carbocycles. The van der Waals surface area contributed by atoms with Crippen molar-refractivity contribution in [3.63, 3.8) is 0 Å². The van der Waals surface area contributed by atoms with Gasteiger partial charge in [-0.1, -0.05) is 43.7 Å². The van der Waals surface area contributed by atoms with E-state index in [4.69, 9.17) is 0 Å². The molecule has 0 saturated heterocycles. The van der Waals surface area contributed by atoms with Crippen LogP contribution in [-0.2, 0) is 13.5 Å². The van der Waals surface area contributed by atoms with Crippen LogP contribution in [0.1, 0.15) is 38.2 Å². The topological polar surface area (TPSA) is 4.93 Å². The Morgan fingerprint density at radius 3 is 2.78 bits per heavy atom. The normalized spacial score (nSPS) is 11.0. The number of allylic oxidation sites excluding steroid dienone is 1. The first-order valence-electron chi connectivity index (χ1n) is 6.92. The average Bonchev–Trinajstić information content (AvgIpc) is 2.71. The molecule has 18 heavy (non-hydrogen) atoms. The minimum atomic E-state index is 1.11. The maximum absolute atomic E-state index is 4.19. The Kier molecular flexibility index (Phi) is 4.24. The molecule has 0 fully saturated rings. The summed E-state index contributed by atoms with van der Waals surface area (Å²) in [4.78, 5) is 0. The summed E-state index contributed by atoms with van der Waals surface area (Å²) in [6, 6.07) is 8.63. The highest BCUT2D eigenvalue weighted by Gasteiger charge is 2.06. The third-order valence-electron chi connectivity index (χ3n) is 3.61. The van der Waals surface area contributed by atoms with Crippen LogP contribution in [-0.4, -0.2) is 4.57 Å². The number of unbranched alkanes of at least 4 members (excludes halogenated alkanes) is 1. The van der Waals surface area contributed by atoms with Gasteiger partial charge in [0.2, 0.25) is 0 Å². The molecule has 0 aliphatic rings. The maximum Gasteiger partial charge on any atom is 0.0480 e. The number of rotatable bonds is 6. The Hall–Kier alpha value is -1.50. The van der Waals surface area contributed by atoms with Gasteiger partial charge in [-0.15, -0.1) is 0 Å². The van der Waals surface area contributed by atoms with Crippen molar-refractivity contribution in [2.75, 3.05) is 0 Å². The first-order valence-corrected chi connectivity index (χ1v) is 6.92. The molecule has 0 atom stereocenters. The molecular weight excluding hydrogens is 218 g/mol. The van der Waals surface area contributed by atoms with Gasteiger partial charge >= 0.3 is 0 Å². The van der Waals surface area contributed by atoms with E-state index in [-0.39, 0.29) is 0 Å². The average molecular weight is 241 g/mol. The Morgan fingerprint density at radius 2 is 2.00 bits per heavy atom. The van der Waals surface area contributed by atoms with Crippen LogP contribution in [0.2, 0.25) is 0 Å². The number of hydrogen-bond donors (Lipinski definition) is 0. The summed E-state index contributed by atoms with van der Waals surface area (Å²) in [6.07, 6.45) is 8.21. The zero-order valence-electron chi connectivity index (χ0n) is 11.6. The van der Waals surface area contributed by atoms with Crippen molar-refractivity contribution >= 4 is 10.9 Å². The van der Waals surface area contributed by atoms with Gasteiger partial charge in [-0.2, -0.15) is 0 Å². The smallest absolute Gasteiger partial charge is 0.0480 e. The van der Waals surface area contributed by atoms with Crippen molar-refractivity contribution in [3.05, 3.63) is 48.2 Å². The van der Waals surface area contributed by atoms with E-state index in [1.165, 1.54) is 41.3 Å². The molecule has 1 heterocycles. The van der Waals surface area contributed by atoms with Crippen molar-refractivity contribution in [3.8, 4) is 0 Å². The summed E-state index contributed by atoms with van der Waals surface area (Å²) in [6.45, 7) is 6.42. The fourth-order valence-electron chi connectivity index (χ4n) is 2.49. The van der Waals surface area contributed by atoms with Crippen LogP contribution in [0, 0.1) is 0 Å². The molecule has 96 valence electrons. The number of hydrogen-bond acceptors (Lipinski definition) is 0. The molecule has 0 aliphatic heterocycles. The lowest BCUT2D eigenvalue weighted by atomic mass is 10.0. The lowest BCUT2D eigenvalue weighted by Crippen LogP contribution is -1.88. The van der Waals surface area contributed by atoms with Crippen LogP contribution >= 0.6 is 0 Å². The summed E-state index contributed by atoms with van der Waals surface area (Å²) in [5.74, 6) is 0. The number of nitrogens with zero attached hydrogens (tertiary/aromatic N) is 1. The van der Waals surface area contributed by atoms with Crippen molar-refractivity contribution in [2.24, 2.45) is 7.05 Å². The summed E-state index contributed by atoms with van der Waals surface area (Å²) in [5, 5.41) is 1.39. The molecule has 1 nitrogen and oxygen atoms in total. The molecule has 0 unspecified atom stereocenters. The molecule has 1 heteroatoms. The van der Waals surface area contributed by atoms with Crippen LogP contribution in [0.5, 0.6) is 0 Å². The van der Waals surface area contributed by atoms with Crippen LogP contribution in [0.15, 0.2) is 42.6 Å². The third-order valence-corrected chi connectivity index (χ3v) is 3.61. The Labute approximate surface area is 110 Å². The first-order chi connectivity index (χ1) is 8.72. The predicted molar refractivity (Wildman–Crippen MR) is 79.9 cm³/mol. The molecule has 0 bridgehead atoms. The van der Waals surface area contributed by atoms with Gasteiger partial charge < -0.3 is 4.57 Å². The van der Waals surface area contributed by atoms with E-state index in [0.29, 0.717) is 0 Å². The highest BCUT2D eigenvalue weighted by molar-refractivity contribution is 5.83. The van der Waals surface area contributed by atoms with Gasteiger partial charge in [-0.3, -0.25) is 0 Å². The van der Waals surface area contributed by atoms with Crippen LogP contribution in [0.4, 0.5) is 0 Å². The second-order valence-corrected chi connectivity index (χ2v) is 5.14. The first kappa shape index (κ1) is 12.9. The van der Waals surface area contributed by atoms with Gasteiger partial charge in [0.1, 0.15) is 0 Å². The number of fused-ring (bicyclic) bond motifs is 1. The quantitative estimate of drug-likeness (QED) is 0.637. The van der Waals surface area contributed by atoms with E-state index in [2.05, 4.69) is 55.6 Å². The lowest BCUT2D eigenvalue weighted by Gasteiger charge is -2.04. The van der Waals surface area contributed by atoms with Gasteiger partial charge in [0.05, 0.1) is 0 Å². The number of para-hydroxylation sites is 1. The van der Waals surface area contributed by atoms with E-state index < -0.39 is 0 Å². The van der Waals surface area contributed by atoms with Gasteiger partial charge in [0, 0.05) is 24.1 Å². The summed E-state index contributed by atoms with van der Waals surface area (Å²) >= 11 is 0. The lowest BCUT2D eigenvalue weighted by molar-refractivity contribution is 0.752. The van der Waals surface area contributed by atoms with Crippen molar-refractivity contribution in [2.45, 2.75) is 39.0 Å². The minimum Gasteiger partial charge on any atom is -0.350 e. The standard InChI is InChI=1S/C17H23N/c1-4-5-8-14(2)11-12-15-13-18(3)17-10-7-6-9-16(15)17/h6-7,9-10,13H,2,4-5,8,11-12H2,1,3H3. The maximum atomic E-state index is 4.19. The fraction of sp³-hybridized carbons (Fsp3) is 0.412. The van der Waals surface area contributed by atoms with Crippen LogP contribution < -0.4 is 0 Å². The monoisotopic (exact) mass is 241 g/mol. The number of benzene rings is 1. The molecule has 0 saturated carbocycles. The van der Waals surface area contributed by atoms with Crippen LogP contribution in [0.3, 0.4) is 0 Å². The van der Waals surface area contributed by atoms with Crippen molar-refractivity contribution in [1.29, 1.82) is 0 Å². The second kappa shape index (κ2) is 5.90. The molecule has 0 amide bonds. The summed E-state index contributed by atoms with van der Waals surface area (Å²) in [5.41, 5.74) is 4.17. The Bertz CT molecular complexity index is 534. The van der Waals surface area contributed by atoms with E-state index >= 15 is 0 Å². The van der Waals surface area contributed by atoms with E-state index in [9.17, 15) is 0 Å². The zero-order valence-corrected chi connectivity index (χ0v) is 11.6. The Morgan fingerprint density at radius 1 is 1.22 bits per heavy atom. The molecule has 1 aromatic heterocycles. The van der Waals surface area contributed by atoms with E-state index in [1.54, 1.807) is 0 Å². The van der Waals surface area contributed by atoms with E-state index in [0.717, 1.165) is 12.8 Å². The summed E-state index contributed by atoms with van der Waals surface area (Å²) in [7, 11) is 2.12. The SMILES string of the molecule is C=C(CCCC)CCc1cn(C)c2ccccc12. The molecule has 0 spiro atoms. The Balaban J connectivity index is 2.06. The van der Waals surface area contributed by atoms with Crippen molar-refractivity contribution in [1.82, 2.24) is 4.57 Å². The third kappa shape index (κ3) is 2.84. The van der Waals surface area contributed by atoms with Gasteiger partial charge in [0.25, 0.3) is 0 Å². The molecule has 2 aromatic rings. The molecule has 2 rings (SSSR count). The zero-order chi connectivity index (χ0) is 13.0. The minimum absolute atomic E-state index is 1.11. The van der Waals surface area contributed by atoms with Gasteiger partial charge in [-0.25, -0.2) is 0 Å². The van der Waals surface area contributed by atoms with Gasteiger partial charge in [-0.05, 0) is 37.3 Å². The fourth-order valence-corrected chi connectivity index (χ4v) is 2.49. The van der Waals surface area contributed by atoms with E-state index in [1.807, 2.05) is 0 Å². The molecule has 0 N–H and O–H groups in total. The van der Waals surface area contributed by atoms with Gasteiger partial charge in [0.15, 0.2) is 0 Å². The largest absolute Gasteiger partial charge is 0.350 e. The highest BCUT2D eigenvalue weighted by Crippen LogP contribution is 2.23. The van der Waals surface area contributed by atoms with Crippen LogP contribution in [0.25, 0.3) is 10.9 Å². The second-order valence-electron chi connectivity index (χ2n) is 5.14. The molecule has 0 radical (unpaired) electrons. The highest BCUT2D eigenvalue weighted by atomic mass is 14.9. The van der Waals surface area contributed by atoms with Crippen molar-refractivity contribution < 1.29 is 0 Å². The predicted octanol–water partition coefficient (Wildman–Crippen LogP) is 4.86. The number of aryl methyl sites for hydroxylation is 2.